The van der Waals surface area contributed by atoms with Crippen LogP contribution >= 0.6 is 0 Å². The predicted octanol–water partition coefficient (Wildman–Crippen LogP) is 1.88. The Bertz CT molecular complexity index is 455. The van der Waals surface area contributed by atoms with Gasteiger partial charge in [0.1, 0.15) is 0 Å². The predicted molar refractivity (Wildman–Crippen MR) is 83.8 cm³/mol. The average molecular weight is 290 g/mol. The third kappa shape index (κ3) is 4.29. The van der Waals surface area contributed by atoms with E-state index in [-0.39, 0.29) is 5.91 Å². The Morgan fingerprint density at radius 2 is 1.95 bits per heavy atom. The van der Waals surface area contributed by atoms with Crippen molar-refractivity contribution in [1.29, 1.82) is 0 Å². The first-order chi connectivity index (χ1) is 10.1. The van der Waals surface area contributed by atoms with Gasteiger partial charge in [-0.1, -0.05) is 43.7 Å². The number of hydrogen-bond acceptors (Lipinski definition) is 3. The highest BCUT2D eigenvalue weighted by atomic mass is 16.3. The molecule has 0 spiro atoms. The molecule has 0 bridgehead atoms. The van der Waals surface area contributed by atoms with Crippen LogP contribution in [0.1, 0.15) is 32.3 Å². The van der Waals surface area contributed by atoms with Crippen LogP contribution in [0.4, 0.5) is 0 Å². The van der Waals surface area contributed by atoms with E-state index >= 15 is 0 Å². The number of aliphatic hydroxyl groups is 1. The Morgan fingerprint density at radius 1 is 1.29 bits per heavy atom. The number of nitrogens with zero attached hydrogens (tertiary/aromatic N) is 2. The largest absolute Gasteiger partial charge is 0.387 e. The van der Waals surface area contributed by atoms with E-state index in [0.29, 0.717) is 32.7 Å². The van der Waals surface area contributed by atoms with Crippen LogP contribution in [0.15, 0.2) is 30.3 Å². The molecule has 4 heteroatoms. The van der Waals surface area contributed by atoms with E-state index in [9.17, 15) is 9.90 Å². The second-order valence-electron chi connectivity index (χ2n) is 6.01. The van der Waals surface area contributed by atoms with Crippen molar-refractivity contribution in [2.75, 3.05) is 26.2 Å². The highest BCUT2D eigenvalue weighted by Gasteiger charge is 2.40. The van der Waals surface area contributed by atoms with E-state index in [1.54, 1.807) is 0 Å². The summed E-state index contributed by atoms with van der Waals surface area (Å²) in [4.78, 5) is 16.3. The van der Waals surface area contributed by atoms with Gasteiger partial charge in [-0.05, 0) is 18.9 Å². The molecule has 1 heterocycles. The molecule has 0 atom stereocenters. The van der Waals surface area contributed by atoms with Gasteiger partial charge in [0.15, 0.2) is 0 Å². The molecule has 4 nitrogen and oxygen atoms in total. The standard InChI is InChI=1S/C17H26N2O2/c1-3-10-17(21)13-18(14-17)12-16(20)19(4-2)11-15-8-6-5-7-9-15/h5-9,21H,3-4,10-14H2,1-2H3. The molecule has 0 aliphatic carbocycles. The van der Waals surface area contributed by atoms with Crippen LogP contribution in [0.2, 0.25) is 0 Å². The first-order valence-electron chi connectivity index (χ1n) is 7.83. The molecule has 1 amide bonds. The minimum Gasteiger partial charge on any atom is -0.387 e. The third-order valence-corrected chi connectivity index (χ3v) is 4.06. The molecule has 21 heavy (non-hydrogen) atoms. The molecule has 2 rings (SSSR count). The first kappa shape index (κ1) is 16.0. The zero-order chi connectivity index (χ0) is 15.3. The van der Waals surface area contributed by atoms with Gasteiger partial charge in [-0.2, -0.15) is 0 Å². The number of carbonyl (C=O) groups excluding carboxylic acids is 1. The summed E-state index contributed by atoms with van der Waals surface area (Å²) in [7, 11) is 0. The number of hydrogen-bond donors (Lipinski definition) is 1. The number of rotatable bonds is 7. The smallest absolute Gasteiger partial charge is 0.237 e. The van der Waals surface area contributed by atoms with Gasteiger partial charge in [0.2, 0.25) is 5.91 Å². The van der Waals surface area contributed by atoms with Crippen molar-refractivity contribution in [2.24, 2.45) is 0 Å². The molecular weight excluding hydrogens is 264 g/mol. The summed E-state index contributed by atoms with van der Waals surface area (Å²) < 4.78 is 0. The molecule has 1 N–H and O–H groups in total. The summed E-state index contributed by atoms with van der Waals surface area (Å²) in [6.45, 7) is 7.09. The van der Waals surface area contributed by atoms with Crippen LogP contribution in [0.5, 0.6) is 0 Å². The second kappa shape index (κ2) is 7.05. The number of carbonyl (C=O) groups is 1. The summed E-state index contributed by atoms with van der Waals surface area (Å²) in [5.74, 6) is 0.139. The highest BCUT2D eigenvalue weighted by Crippen LogP contribution is 2.25. The van der Waals surface area contributed by atoms with Gasteiger partial charge in [-0.3, -0.25) is 9.69 Å². The zero-order valence-electron chi connectivity index (χ0n) is 13.1. The topological polar surface area (TPSA) is 43.8 Å². The second-order valence-corrected chi connectivity index (χ2v) is 6.01. The van der Waals surface area contributed by atoms with Crippen LogP contribution in [0, 0.1) is 0 Å². The molecule has 1 aliphatic heterocycles. The van der Waals surface area contributed by atoms with Crippen molar-refractivity contribution < 1.29 is 9.90 Å². The number of β-amino-alcohol motifs (C(OH)–C–C–N with tert-alkyl or cyclic N) is 1. The van der Waals surface area contributed by atoms with E-state index in [1.165, 1.54) is 0 Å². The monoisotopic (exact) mass is 290 g/mol. The number of likely N-dealkylation sites (tertiary alicyclic amines) is 1. The van der Waals surface area contributed by atoms with Crippen molar-refractivity contribution >= 4 is 5.91 Å². The fraction of sp³-hybridized carbons (Fsp3) is 0.588. The molecule has 1 aromatic carbocycles. The molecule has 0 radical (unpaired) electrons. The molecule has 1 fully saturated rings. The van der Waals surface area contributed by atoms with Crippen molar-refractivity contribution in [2.45, 2.75) is 38.8 Å². The quantitative estimate of drug-likeness (QED) is 0.834. The Morgan fingerprint density at radius 3 is 2.52 bits per heavy atom. The molecule has 1 aromatic rings. The summed E-state index contributed by atoms with van der Waals surface area (Å²) in [6.07, 6.45) is 1.80. The first-order valence-corrected chi connectivity index (χ1v) is 7.83. The Balaban J connectivity index is 1.82. The van der Waals surface area contributed by atoms with E-state index in [4.69, 9.17) is 0 Å². The van der Waals surface area contributed by atoms with Gasteiger partial charge in [0, 0.05) is 26.2 Å². The van der Waals surface area contributed by atoms with E-state index in [0.717, 1.165) is 18.4 Å². The van der Waals surface area contributed by atoms with E-state index in [1.807, 2.05) is 47.1 Å². The summed E-state index contributed by atoms with van der Waals surface area (Å²) in [5, 5.41) is 10.2. The molecule has 0 unspecified atom stereocenters. The van der Waals surface area contributed by atoms with E-state index in [2.05, 4.69) is 6.92 Å². The molecule has 1 aliphatic rings. The zero-order valence-corrected chi connectivity index (χ0v) is 13.1. The van der Waals surface area contributed by atoms with Gasteiger partial charge < -0.3 is 10.0 Å². The van der Waals surface area contributed by atoms with Crippen LogP contribution in [0.25, 0.3) is 0 Å². The van der Waals surface area contributed by atoms with Crippen molar-refractivity contribution in [3.63, 3.8) is 0 Å². The minimum atomic E-state index is -0.564. The van der Waals surface area contributed by atoms with Crippen LogP contribution in [-0.4, -0.2) is 52.6 Å². The number of amides is 1. The van der Waals surface area contributed by atoms with Crippen LogP contribution in [0.3, 0.4) is 0 Å². The van der Waals surface area contributed by atoms with Crippen molar-refractivity contribution in [3.05, 3.63) is 35.9 Å². The SMILES string of the molecule is CCCC1(O)CN(CC(=O)N(CC)Cc2ccccc2)C1. The van der Waals surface area contributed by atoms with Gasteiger partial charge in [-0.15, -0.1) is 0 Å². The molecule has 1 saturated heterocycles. The normalized spacial score (nSPS) is 17.3. The highest BCUT2D eigenvalue weighted by molar-refractivity contribution is 5.78. The lowest BCUT2D eigenvalue weighted by molar-refractivity contribution is -0.142. The number of likely N-dealkylation sites (N-methyl/N-ethyl adjacent to an activating group) is 1. The molecular formula is C17H26N2O2. The van der Waals surface area contributed by atoms with Crippen molar-refractivity contribution in [3.8, 4) is 0 Å². The summed E-state index contributed by atoms with van der Waals surface area (Å²) in [6, 6.07) is 10.1. The number of benzene rings is 1. The van der Waals surface area contributed by atoms with Gasteiger partial charge >= 0.3 is 0 Å². The molecule has 0 aromatic heterocycles. The Hall–Kier alpha value is -1.39. The fourth-order valence-corrected chi connectivity index (χ4v) is 2.99. The Labute approximate surface area is 127 Å². The maximum atomic E-state index is 12.4. The van der Waals surface area contributed by atoms with Crippen LogP contribution in [-0.2, 0) is 11.3 Å². The summed E-state index contributed by atoms with van der Waals surface area (Å²) >= 11 is 0. The average Bonchev–Trinajstić information content (AvgIpc) is 2.44. The Kier molecular flexibility index (Phi) is 5.37. The lowest BCUT2D eigenvalue weighted by atomic mass is 9.89. The van der Waals surface area contributed by atoms with Gasteiger partial charge in [0.05, 0.1) is 12.1 Å². The maximum Gasteiger partial charge on any atom is 0.237 e. The van der Waals surface area contributed by atoms with Gasteiger partial charge in [0.25, 0.3) is 0 Å². The lowest BCUT2D eigenvalue weighted by Crippen LogP contribution is -2.63. The third-order valence-electron chi connectivity index (χ3n) is 4.06. The molecule has 116 valence electrons. The van der Waals surface area contributed by atoms with E-state index < -0.39 is 5.60 Å². The maximum absolute atomic E-state index is 12.4. The van der Waals surface area contributed by atoms with Gasteiger partial charge in [-0.25, -0.2) is 0 Å². The lowest BCUT2D eigenvalue weighted by Gasteiger charge is -2.46. The summed E-state index contributed by atoms with van der Waals surface area (Å²) in [5.41, 5.74) is 0.588. The van der Waals surface area contributed by atoms with Crippen molar-refractivity contribution in [1.82, 2.24) is 9.80 Å². The van der Waals surface area contributed by atoms with Crippen LogP contribution < -0.4 is 0 Å². The fourth-order valence-electron chi connectivity index (χ4n) is 2.99. The minimum absolute atomic E-state index is 0.139. The molecule has 0 saturated carbocycles.